The number of nitrogens with two attached hydrogens (primary N) is 1. The number of aryl methyl sites for hydroxylation is 1. The number of carbonyl (C=O) groups excluding carboxylic acids is 2. The van der Waals surface area contributed by atoms with Crippen LogP contribution in [0, 0.1) is 11.8 Å². The first kappa shape index (κ1) is 27.9. The van der Waals surface area contributed by atoms with E-state index in [2.05, 4.69) is 26.6 Å². The molecule has 10 heteroatoms. The molecular formula is C33H41N7O3. The summed E-state index contributed by atoms with van der Waals surface area (Å²) in [5.74, 6) is 2.73. The summed E-state index contributed by atoms with van der Waals surface area (Å²) >= 11 is 0. The Morgan fingerprint density at radius 1 is 1.07 bits per heavy atom. The number of rotatable bonds is 3. The van der Waals surface area contributed by atoms with Gasteiger partial charge in [0.25, 0.3) is 5.91 Å². The van der Waals surface area contributed by atoms with Gasteiger partial charge in [-0.05, 0) is 74.8 Å². The lowest BCUT2D eigenvalue weighted by molar-refractivity contribution is -0.121. The highest BCUT2D eigenvalue weighted by Gasteiger charge is 2.37. The third-order valence-corrected chi connectivity index (χ3v) is 9.68. The summed E-state index contributed by atoms with van der Waals surface area (Å²) in [6, 6.07) is 9.82. The summed E-state index contributed by atoms with van der Waals surface area (Å²) in [4.78, 5) is 38.1. The number of ether oxygens (including phenoxy) is 1. The average molecular weight is 584 g/mol. The molecule has 4 atom stereocenters. The van der Waals surface area contributed by atoms with E-state index in [0.717, 1.165) is 77.9 Å². The van der Waals surface area contributed by atoms with E-state index in [9.17, 15) is 9.59 Å². The number of aromatic nitrogens is 4. The highest BCUT2D eigenvalue weighted by atomic mass is 16.5. The molecule has 7 rings (SSSR count). The van der Waals surface area contributed by atoms with Crippen molar-refractivity contribution in [2.24, 2.45) is 24.6 Å². The molecule has 1 saturated carbocycles. The van der Waals surface area contributed by atoms with Crippen LogP contribution in [0.3, 0.4) is 0 Å². The van der Waals surface area contributed by atoms with Crippen LogP contribution in [0.4, 0.5) is 0 Å². The van der Waals surface area contributed by atoms with Gasteiger partial charge in [-0.3, -0.25) is 9.59 Å². The fourth-order valence-electron chi connectivity index (χ4n) is 7.15. The fourth-order valence-corrected chi connectivity index (χ4v) is 7.15. The third-order valence-electron chi connectivity index (χ3n) is 9.68. The van der Waals surface area contributed by atoms with Gasteiger partial charge >= 0.3 is 0 Å². The number of methoxy groups -OCH3 is 1. The Balaban J connectivity index is 1.33. The number of fused-ring (bicyclic) bond motifs is 3. The Labute approximate surface area is 251 Å². The van der Waals surface area contributed by atoms with Gasteiger partial charge in [0.1, 0.15) is 16.9 Å². The molecule has 10 nitrogen and oxygen atoms in total. The molecule has 43 heavy (non-hydrogen) atoms. The molecule has 3 N–H and O–H groups in total. The van der Waals surface area contributed by atoms with Crippen molar-refractivity contribution in [2.75, 3.05) is 20.2 Å². The van der Waals surface area contributed by atoms with Crippen LogP contribution in [0.5, 0.6) is 5.75 Å². The minimum Gasteiger partial charge on any atom is -0.494 e. The topological polar surface area (TPSA) is 120 Å². The largest absolute Gasteiger partial charge is 0.494 e. The van der Waals surface area contributed by atoms with Crippen LogP contribution >= 0.6 is 0 Å². The van der Waals surface area contributed by atoms with Gasteiger partial charge in [0.15, 0.2) is 5.82 Å². The molecule has 4 aromatic rings. The molecule has 0 radical (unpaired) electrons. The van der Waals surface area contributed by atoms with Crippen LogP contribution in [0.15, 0.2) is 30.3 Å². The van der Waals surface area contributed by atoms with E-state index in [1.54, 1.807) is 7.11 Å². The molecule has 1 aromatic carbocycles. The first-order chi connectivity index (χ1) is 20.8. The number of benzene rings is 1. The minimum absolute atomic E-state index is 0.00832. The number of carbonyl (C=O) groups is 2. The van der Waals surface area contributed by atoms with Crippen molar-refractivity contribution in [1.29, 1.82) is 0 Å². The van der Waals surface area contributed by atoms with Crippen molar-refractivity contribution in [3.63, 3.8) is 0 Å². The van der Waals surface area contributed by atoms with Crippen molar-refractivity contribution in [3.05, 3.63) is 41.6 Å². The highest BCUT2D eigenvalue weighted by Crippen LogP contribution is 2.45. The summed E-state index contributed by atoms with van der Waals surface area (Å²) < 4.78 is 10.2. The summed E-state index contributed by atoms with van der Waals surface area (Å²) in [6.45, 7) is 4.14. The first-order valence-electron chi connectivity index (χ1n) is 15.7. The molecule has 3 aliphatic rings. The van der Waals surface area contributed by atoms with E-state index < -0.39 is 0 Å². The van der Waals surface area contributed by atoms with E-state index in [-0.39, 0.29) is 23.9 Å². The first-order valence-corrected chi connectivity index (χ1v) is 15.7. The zero-order chi connectivity index (χ0) is 29.8. The molecule has 2 aliphatic heterocycles. The minimum atomic E-state index is -0.175. The van der Waals surface area contributed by atoms with Gasteiger partial charge in [0, 0.05) is 50.1 Å². The molecule has 226 valence electrons. The number of hydrogen-bond donors (Lipinski definition) is 2. The summed E-state index contributed by atoms with van der Waals surface area (Å²) in [5.41, 5.74) is 11.1. The van der Waals surface area contributed by atoms with Gasteiger partial charge in [-0.15, -0.1) is 0 Å². The lowest BCUT2D eigenvalue weighted by Gasteiger charge is -2.30. The van der Waals surface area contributed by atoms with E-state index in [4.69, 9.17) is 20.4 Å². The van der Waals surface area contributed by atoms with Crippen molar-refractivity contribution in [2.45, 2.75) is 70.5 Å². The Morgan fingerprint density at radius 2 is 1.93 bits per heavy atom. The van der Waals surface area contributed by atoms with E-state index in [0.29, 0.717) is 42.7 Å². The zero-order valence-corrected chi connectivity index (χ0v) is 25.3. The maximum absolute atomic E-state index is 13.5. The summed E-state index contributed by atoms with van der Waals surface area (Å²) in [6.07, 6.45) is 6.77. The van der Waals surface area contributed by atoms with E-state index in [1.165, 1.54) is 6.42 Å². The van der Waals surface area contributed by atoms with Crippen LogP contribution < -0.4 is 15.8 Å². The molecule has 0 unspecified atom stereocenters. The lowest BCUT2D eigenvalue weighted by atomic mass is 10.0. The summed E-state index contributed by atoms with van der Waals surface area (Å²) in [5, 5.41) is 4.18. The number of nitrogens with zero attached hydrogens (tertiary/aromatic N) is 5. The Morgan fingerprint density at radius 3 is 2.74 bits per heavy atom. The molecule has 2 amide bonds. The molecule has 2 fully saturated rings. The molecular weight excluding hydrogens is 542 g/mol. The quantitative estimate of drug-likeness (QED) is 0.365. The van der Waals surface area contributed by atoms with Crippen LogP contribution in [0.25, 0.3) is 33.6 Å². The second-order valence-corrected chi connectivity index (χ2v) is 12.8. The number of nitrogens with one attached hydrogen (secondary N) is 1. The predicted octanol–water partition coefficient (Wildman–Crippen LogP) is 4.55. The van der Waals surface area contributed by atoms with Crippen molar-refractivity contribution in [3.8, 4) is 17.3 Å². The lowest BCUT2D eigenvalue weighted by Crippen LogP contribution is -2.45. The number of pyridine rings is 1. The zero-order valence-electron chi connectivity index (χ0n) is 25.3. The van der Waals surface area contributed by atoms with Crippen molar-refractivity contribution in [1.82, 2.24) is 29.3 Å². The van der Waals surface area contributed by atoms with Gasteiger partial charge in [-0.2, -0.15) is 0 Å². The number of amides is 2. The molecule has 5 heterocycles. The van der Waals surface area contributed by atoms with Crippen LogP contribution in [0.1, 0.15) is 74.0 Å². The second kappa shape index (κ2) is 11.0. The van der Waals surface area contributed by atoms with Crippen molar-refractivity contribution >= 4 is 33.9 Å². The van der Waals surface area contributed by atoms with Crippen molar-refractivity contribution < 1.29 is 14.3 Å². The van der Waals surface area contributed by atoms with Gasteiger partial charge in [0.05, 0.1) is 30.1 Å². The maximum atomic E-state index is 13.5. The number of imidazole rings is 1. The van der Waals surface area contributed by atoms with Gasteiger partial charge in [0.2, 0.25) is 5.91 Å². The Bertz CT molecular complexity index is 1720. The van der Waals surface area contributed by atoms with Crippen LogP contribution in [-0.2, 0) is 18.4 Å². The molecule has 1 saturated heterocycles. The monoisotopic (exact) mass is 583 g/mol. The normalized spacial score (nSPS) is 24.6. The standard InChI is InChI=1S/C33H41N7O3/c1-19-25-11-10-21-15-27(40(31(21)36-25)17-23-13-20(23)7-4-5-9-29(41)35-19)32-37-26-14-22(16-28(43-3)30(26)38(32)2)33(42)39-12-6-8-24(34)18-39/h10-11,14-16,19-20,23-24H,4-9,12-13,17-18,34H2,1-3H3,(H,35,41)/t19-,20+,23-,24-/m1/s1. The van der Waals surface area contributed by atoms with Gasteiger partial charge in [-0.25, -0.2) is 9.97 Å². The van der Waals surface area contributed by atoms with E-state index >= 15 is 0 Å². The van der Waals surface area contributed by atoms with Crippen LogP contribution in [-0.4, -0.2) is 62.1 Å². The Kier molecular flexibility index (Phi) is 7.12. The summed E-state index contributed by atoms with van der Waals surface area (Å²) in [7, 11) is 3.64. The smallest absolute Gasteiger partial charge is 0.254 e. The molecule has 3 aromatic heterocycles. The third kappa shape index (κ3) is 5.15. The van der Waals surface area contributed by atoms with Crippen LogP contribution in [0.2, 0.25) is 0 Å². The van der Waals surface area contributed by atoms with Gasteiger partial charge < -0.3 is 29.8 Å². The maximum Gasteiger partial charge on any atom is 0.254 e. The number of piperidine rings is 1. The second-order valence-electron chi connectivity index (χ2n) is 12.8. The predicted molar refractivity (Wildman–Crippen MR) is 166 cm³/mol. The van der Waals surface area contributed by atoms with Gasteiger partial charge in [-0.1, -0.05) is 12.8 Å². The van der Waals surface area contributed by atoms with E-state index in [1.807, 2.05) is 37.1 Å². The molecule has 2 bridgehead atoms. The Hall–Kier alpha value is -3.92. The number of likely N-dealkylation sites (tertiary alicyclic amines) is 1. The highest BCUT2D eigenvalue weighted by molar-refractivity contribution is 6.00. The molecule has 0 spiro atoms. The number of hydrogen-bond acceptors (Lipinski definition) is 6. The SMILES string of the molecule is COc1cc(C(=O)N2CCC[C@@H](N)C2)cc2nc(-c3cc4ccc5nc4n3C[C@H]3C[C@@H]3CCCCC(=O)N[C@@H]5C)n(C)c12. The fraction of sp³-hybridized carbons (Fsp3) is 0.515. The molecule has 1 aliphatic carbocycles. The average Bonchev–Trinajstić information content (AvgIpc) is 3.52.